The molecule has 0 aliphatic heterocycles. The fraction of sp³-hybridized carbons (Fsp3) is 0.250. The van der Waals surface area contributed by atoms with E-state index in [1.165, 1.54) is 22.5 Å². The van der Waals surface area contributed by atoms with Gasteiger partial charge in [-0.25, -0.2) is 4.98 Å². The molecule has 0 bridgehead atoms. The average molecular weight is 284 g/mol. The van der Waals surface area contributed by atoms with Gasteiger partial charge in [-0.3, -0.25) is 4.79 Å². The molecule has 1 aromatic carbocycles. The second kappa shape index (κ2) is 4.87. The van der Waals surface area contributed by atoms with Crippen LogP contribution in [0.2, 0.25) is 0 Å². The van der Waals surface area contributed by atoms with E-state index in [0.29, 0.717) is 5.39 Å². The van der Waals surface area contributed by atoms with Gasteiger partial charge in [-0.2, -0.15) is 0 Å². The summed E-state index contributed by atoms with van der Waals surface area (Å²) in [4.78, 5) is 20.5. The second-order valence-corrected chi connectivity index (χ2v) is 5.85. The van der Waals surface area contributed by atoms with Crippen LogP contribution in [0.15, 0.2) is 28.4 Å². The summed E-state index contributed by atoms with van der Waals surface area (Å²) in [7, 11) is 0. The summed E-state index contributed by atoms with van der Waals surface area (Å²) in [5.41, 5.74) is 4.51. The molecule has 2 heterocycles. The van der Waals surface area contributed by atoms with Crippen molar-refractivity contribution in [1.29, 1.82) is 0 Å². The highest BCUT2D eigenvalue weighted by molar-refractivity contribution is 7.17. The first-order chi connectivity index (χ1) is 9.60. The van der Waals surface area contributed by atoms with E-state index in [1.807, 2.05) is 12.3 Å². The molecule has 0 aliphatic carbocycles. The van der Waals surface area contributed by atoms with Gasteiger partial charge in [-0.1, -0.05) is 25.1 Å². The SMILES string of the molecule is CCc1nc2scc(-c3ccc(C)c(C)c3)c2c(=O)[nH]1. The van der Waals surface area contributed by atoms with Gasteiger partial charge in [0.1, 0.15) is 10.7 Å². The Kier molecular flexibility index (Phi) is 3.18. The molecule has 0 spiro atoms. The van der Waals surface area contributed by atoms with E-state index < -0.39 is 0 Å². The lowest BCUT2D eigenvalue weighted by molar-refractivity contribution is 0.948. The van der Waals surface area contributed by atoms with E-state index in [2.05, 4.69) is 42.0 Å². The molecule has 0 radical (unpaired) electrons. The first-order valence-electron chi connectivity index (χ1n) is 6.68. The van der Waals surface area contributed by atoms with Crippen LogP contribution >= 0.6 is 11.3 Å². The molecular formula is C16H16N2OS. The van der Waals surface area contributed by atoms with Crippen molar-refractivity contribution in [3.05, 3.63) is 50.9 Å². The molecule has 0 atom stereocenters. The molecule has 20 heavy (non-hydrogen) atoms. The van der Waals surface area contributed by atoms with Crippen molar-refractivity contribution in [2.45, 2.75) is 27.2 Å². The summed E-state index contributed by atoms with van der Waals surface area (Å²) < 4.78 is 0. The first kappa shape index (κ1) is 13.1. The van der Waals surface area contributed by atoms with E-state index >= 15 is 0 Å². The van der Waals surface area contributed by atoms with Crippen molar-refractivity contribution in [3.8, 4) is 11.1 Å². The van der Waals surface area contributed by atoms with Crippen molar-refractivity contribution in [1.82, 2.24) is 9.97 Å². The molecular weight excluding hydrogens is 268 g/mol. The average Bonchev–Trinajstić information content (AvgIpc) is 2.86. The standard InChI is InChI=1S/C16H16N2OS/c1-4-13-17-15(19)14-12(8-20-16(14)18-13)11-6-5-9(2)10(3)7-11/h5-8H,4H2,1-3H3,(H,17,18,19). The molecule has 102 valence electrons. The fourth-order valence-corrected chi connectivity index (χ4v) is 3.25. The number of thiophene rings is 1. The summed E-state index contributed by atoms with van der Waals surface area (Å²) in [6.45, 7) is 6.17. The number of benzene rings is 1. The number of rotatable bonds is 2. The zero-order valence-corrected chi connectivity index (χ0v) is 12.6. The second-order valence-electron chi connectivity index (χ2n) is 4.99. The van der Waals surface area contributed by atoms with Crippen LogP contribution in [0, 0.1) is 13.8 Å². The maximum atomic E-state index is 12.3. The quantitative estimate of drug-likeness (QED) is 0.777. The molecule has 0 saturated heterocycles. The highest BCUT2D eigenvalue weighted by Gasteiger charge is 2.12. The van der Waals surface area contributed by atoms with Crippen LogP contribution in [0.3, 0.4) is 0 Å². The van der Waals surface area contributed by atoms with Crippen LogP contribution in [-0.2, 0) is 6.42 Å². The molecule has 0 amide bonds. The summed E-state index contributed by atoms with van der Waals surface area (Å²) in [5, 5.41) is 2.73. The minimum absolute atomic E-state index is 0.0404. The Hall–Kier alpha value is -1.94. The Balaban J connectivity index is 2.27. The third-order valence-electron chi connectivity index (χ3n) is 3.65. The molecule has 3 nitrogen and oxygen atoms in total. The third-order valence-corrected chi connectivity index (χ3v) is 4.52. The maximum Gasteiger partial charge on any atom is 0.260 e. The van der Waals surface area contributed by atoms with Gasteiger partial charge >= 0.3 is 0 Å². The molecule has 3 aromatic rings. The van der Waals surface area contributed by atoms with E-state index in [-0.39, 0.29) is 5.56 Å². The Morgan fingerprint density at radius 2 is 2.05 bits per heavy atom. The predicted octanol–water partition coefficient (Wildman–Crippen LogP) is 3.83. The van der Waals surface area contributed by atoms with Crippen molar-refractivity contribution >= 4 is 21.6 Å². The Bertz CT molecular complexity index is 845. The predicted molar refractivity (Wildman–Crippen MR) is 84.5 cm³/mol. The van der Waals surface area contributed by atoms with Gasteiger partial charge in [0.25, 0.3) is 5.56 Å². The number of nitrogens with one attached hydrogen (secondary N) is 1. The monoisotopic (exact) mass is 284 g/mol. The summed E-state index contributed by atoms with van der Waals surface area (Å²) in [5.74, 6) is 0.746. The highest BCUT2D eigenvalue weighted by atomic mass is 32.1. The van der Waals surface area contributed by atoms with Crippen molar-refractivity contribution in [2.24, 2.45) is 0 Å². The topological polar surface area (TPSA) is 45.8 Å². The van der Waals surface area contributed by atoms with Crippen LogP contribution in [-0.4, -0.2) is 9.97 Å². The number of nitrogens with zero attached hydrogens (tertiary/aromatic N) is 1. The Morgan fingerprint density at radius 3 is 2.75 bits per heavy atom. The molecule has 1 N–H and O–H groups in total. The van der Waals surface area contributed by atoms with Gasteiger partial charge in [-0.05, 0) is 30.5 Å². The smallest absolute Gasteiger partial charge is 0.260 e. The zero-order chi connectivity index (χ0) is 14.3. The van der Waals surface area contributed by atoms with Crippen LogP contribution in [0.1, 0.15) is 23.9 Å². The van der Waals surface area contributed by atoms with Crippen LogP contribution in [0.4, 0.5) is 0 Å². The van der Waals surface area contributed by atoms with Crippen LogP contribution in [0.25, 0.3) is 21.3 Å². The fourth-order valence-electron chi connectivity index (χ4n) is 2.28. The molecule has 0 aliphatic rings. The van der Waals surface area contributed by atoms with E-state index in [9.17, 15) is 4.79 Å². The Morgan fingerprint density at radius 1 is 1.25 bits per heavy atom. The van der Waals surface area contributed by atoms with Gasteiger partial charge in [0, 0.05) is 17.4 Å². The summed E-state index contributed by atoms with van der Waals surface area (Å²) >= 11 is 1.53. The number of hydrogen-bond donors (Lipinski definition) is 1. The first-order valence-corrected chi connectivity index (χ1v) is 7.56. The summed E-state index contributed by atoms with van der Waals surface area (Å²) in [6.07, 6.45) is 0.738. The van der Waals surface area contributed by atoms with Crippen LogP contribution < -0.4 is 5.56 Å². The van der Waals surface area contributed by atoms with Gasteiger partial charge in [0.15, 0.2) is 0 Å². The van der Waals surface area contributed by atoms with Crippen molar-refractivity contribution < 1.29 is 0 Å². The molecule has 4 heteroatoms. The lowest BCUT2D eigenvalue weighted by Gasteiger charge is -2.04. The molecule has 0 saturated carbocycles. The van der Waals surface area contributed by atoms with E-state index in [4.69, 9.17) is 0 Å². The lowest BCUT2D eigenvalue weighted by atomic mass is 10.0. The van der Waals surface area contributed by atoms with Gasteiger partial charge < -0.3 is 4.98 Å². The van der Waals surface area contributed by atoms with Gasteiger partial charge in [-0.15, -0.1) is 11.3 Å². The number of hydrogen-bond acceptors (Lipinski definition) is 3. The molecule has 2 aromatic heterocycles. The molecule has 0 unspecified atom stereocenters. The normalized spacial score (nSPS) is 11.2. The number of fused-ring (bicyclic) bond motifs is 1. The molecule has 0 fully saturated rings. The number of H-pyrrole nitrogens is 1. The maximum absolute atomic E-state index is 12.3. The van der Waals surface area contributed by atoms with Gasteiger partial charge in [0.2, 0.25) is 0 Å². The number of aromatic nitrogens is 2. The van der Waals surface area contributed by atoms with Crippen molar-refractivity contribution in [2.75, 3.05) is 0 Å². The Labute approximate surface area is 121 Å². The minimum Gasteiger partial charge on any atom is -0.310 e. The van der Waals surface area contributed by atoms with Crippen molar-refractivity contribution in [3.63, 3.8) is 0 Å². The summed E-state index contributed by atoms with van der Waals surface area (Å²) in [6, 6.07) is 6.29. The molecule has 3 rings (SSSR count). The van der Waals surface area contributed by atoms with E-state index in [0.717, 1.165) is 28.2 Å². The highest BCUT2D eigenvalue weighted by Crippen LogP contribution is 2.31. The van der Waals surface area contributed by atoms with E-state index in [1.54, 1.807) is 0 Å². The lowest BCUT2D eigenvalue weighted by Crippen LogP contribution is -2.10. The number of aryl methyl sites for hydroxylation is 3. The van der Waals surface area contributed by atoms with Gasteiger partial charge in [0.05, 0.1) is 5.39 Å². The zero-order valence-electron chi connectivity index (χ0n) is 11.8. The number of aromatic amines is 1. The largest absolute Gasteiger partial charge is 0.310 e. The third kappa shape index (κ3) is 2.06. The minimum atomic E-state index is -0.0404. The van der Waals surface area contributed by atoms with Crippen LogP contribution in [0.5, 0.6) is 0 Å².